The van der Waals surface area contributed by atoms with Crippen LogP contribution in [0.3, 0.4) is 0 Å². The van der Waals surface area contributed by atoms with Crippen LogP contribution in [-0.4, -0.2) is 23.4 Å². The third-order valence-corrected chi connectivity index (χ3v) is 4.75. The van der Waals surface area contributed by atoms with E-state index >= 15 is 0 Å². The highest BCUT2D eigenvalue weighted by Gasteiger charge is 2.31. The van der Waals surface area contributed by atoms with Gasteiger partial charge in [-0.1, -0.05) is 48.0 Å². The first-order valence-corrected chi connectivity index (χ1v) is 8.62. The van der Waals surface area contributed by atoms with Crippen molar-refractivity contribution in [3.63, 3.8) is 0 Å². The number of likely N-dealkylation sites (tertiary alicyclic amines) is 1. The first kappa shape index (κ1) is 17.3. The zero-order chi connectivity index (χ0) is 17.8. The van der Waals surface area contributed by atoms with Gasteiger partial charge < -0.3 is 16.0 Å². The normalized spacial score (nSPS) is 16.7. The molecule has 3 N–H and O–H groups in total. The van der Waals surface area contributed by atoms with Crippen molar-refractivity contribution in [2.75, 3.05) is 11.9 Å². The monoisotopic (exact) mass is 357 g/mol. The summed E-state index contributed by atoms with van der Waals surface area (Å²) in [5, 5.41) is 3.58. The Labute approximate surface area is 151 Å². The van der Waals surface area contributed by atoms with Crippen LogP contribution in [0.25, 0.3) is 0 Å². The highest BCUT2D eigenvalue weighted by Crippen LogP contribution is 2.36. The topological polar surface area (TPSA) is 75.4 Å². The molecule has 3 amide bonds. The van der Waals surface area contributed by atoms with Crippen LogP contribution in [0.4, 0.5) is 10.5 Å². The molecule has 0 bridgehead atoms. The zero-order valence-electron chi connectivity index (χ0n) is 13.7. The second-order valence-electron chi connectivity index (χ2n) is 6.10. The van der Waals surface area contributed by atoms with Gasteiger partial charge in [-0.25, -0.2) is 4.79 Å². The molecule has 25 heavy (non-hydrogen) atoms. The Morgan fingerprint density at radius 1 is 1.16 bits per heavy atom. The summed E-state index contributed by atoms with van der Waals surface area (Å²) in [5.74, 6) is -0.434. The van der Waals surface area contributed by atoms with Gasteiger partial charge in [0.1, 0.15) is 0 Å². The molecule has 0 saturated carbocycles. The van der Waals surface area contributed by atoms with Crippen molar-refractivity contribution in [3.8, 4) is 0 Å². The summed E-state index contributed by atoms with van der Waals surface area (Å²) in [7, 11) is 0. The lowest BCUT2D eigenvalue weighted by molar-refractivity contribution is -0.117. The molecule has 1 saturated heterocycles. The second kappa shape index (κ2) is 7.57. The molecule has 0 aliphatic carbocycles. The molecule has 0 radical (unpaired) electrons. The molecule has 1 fully saturated rings. The van der Waals surface area contributed by atoms with Gasteiger partial charge in [-0.05, 0) is 36.1 Å². The average molecular weight is 358 g/mol. The number of benzene rings is 2. The summed E-state index contributed by atoms with van der Waals surface area (Å²) in [6.07, 6.45) is 1.89. The summed E-state index contributed by atoms with van der Waals surface area (Å²) < 4.78 is 0. The lowest BCUT2D eigenvalue weighted by atomic mass is 10.0. The molecule has 1 atom stereocenters. The SMILES string of the molecule is NC(=O)Cc1ccccc1NC(=O)N1CCCC1c1ccccc1Cl. The van der Waals surface area contributed by atoms with Gasteiger partial charge in [0.2, 0.25) is 5.91 Å². The fraction of sp³-hybridized carbons (Fsp3) is 0.263. The van der Waals surface area contributed by atoms with E-state index in [0.717, 1.165) is 18.4 Å². The number of primary amides is 1. The van der Waals surface area contributed by atoms with Gasteiger partial charge in [0.05, 0.1) is 12.5 Å². The number of amides is 3. The van der Waals surface area contributed by atoms with Crippen LogP contribution >= 0.6 is 11.6 Å². The van der Waals surface area contributed by atoms with Crippen molar-refractivity contribution >= 4 is 29.2 Å². The summed E-state index contributed by atoms with van der Waals surface area (Å²) >= 11 is 6.31. The molecule has 0 spiro atoms. The maximum Gasteiger partial charge on any atom is 0.322 e. The number of nitrogens with one attached hydrogen (secondary N) is 1. The number of para-hydroxylation sites is 1. The van der Waals surface area contributed by atoms with Crippen LogP contribution in [-0.2, 0) is 11.2 Å². The summed E-state index contributed by atoms with van der Waals surface area (Å²) in [4.78, 5) is 25.8. The van der Waals surface area contributed by atoms with E-state index in [1.54, 1.807) is 17.0 Å². The van der Waals surface area contributed by atoms with E-state index in [-0.39, 0.29) is 18.5 Å². The molecule has 1 heterocycles. The zero-order valence-corrected chi connectivity index (χ0v) is 14.5. The number of nitrogens with two attached hydrogens (primary N) is 1. The summed E-state index contributed by atoms with van der Waals surface area (Å²) in [6, 6.07) is 14.6. The van der Waals surface area contributed by atoms with Crippen LogP contribution in [0.1, 0.15) is 30.0 Å². The van der Waals surface area contributed by atoms with Crippen LogP contribution in [0, 0.1) is 0 Å². The van der Waals surface area contributed by atoms with Gasteiger partial charge in [0.15, 0.2) is 0 Å². The number of rotatable bonds is 4. The molecule has 1 unspecified atom stereocenters. The lowest BCUT2D eigenvalue weighted by Gasteiger charge is -2.26. The Hall–Kier alpha value is -2.53. The molecular weight excluding hydrogens is 338 g/mol. The smallest absolute Gasteiger partial charge is 0.322 e. The van der Waals surface area contributed by atoms with E-state index in [1.165, 1.54) is 0 Å². The number of halogens is 1. The molecule has 3 rings (SSSR count). The van der Waals surface area contributed by atoms with E-state index in [4.69, 9.17) is 17.3 Å². The van der Waals surface area contributed by atoms with Gasteiger partial charge >= 0.3 is 6.03 Å². The van der Waals surface area contributed by atoms with E-state index < -0.39 is 5.91 Å². The van der Waals surface area contributed by atoms with Gasteiger partial charge in [-0.3, -0.25) is 4.79 Å². The van der Waals surface area contributed by atoms with E-state index in [9.17, 15) is 9.59 Å². The molecule has 5 nitrogen and oxygen atoms in total. The van der Waals surface area contributed by atoms with Crippen LogP contribution in [0.2, 0.25) is 5.02 Å². The number of carbonyl (C=O) groups excluding carboxylic acids is 2. The van der Waals surface area contributed by atoms with Gasteiger partial charge in [0.25, 0.3) is 0 Å². The molecule has 130 valence electrons. The van der Waals surface area contributed by atoms with E-state index in [2.05, 4.69) is 5.32 Å². The Morgan fingerprint density at radius 2 is 1.88 bits per heavy atom. The first-order valence-electron chi connectivity index (χ1n) is 8.24. The molecule has 2 aromatic carbocycles. The maximum absolute atomic E-state index is 12.8. The quantitative estimate of drug-likeness (QED) is 0.874. The highest BCUT2D eigenvalue weighted by molar-refractivity contribution is 6.31. The fourth-order valence-corrected chi connectivity index (χ4v) is 3.51. The molecule has 0 aromatic heterocycles. The standard InChI is InChI=1S/C19H20ClN3O2/c20-15-8-3-2-7-14(15)17-10-5-11-23(17)19(25)22-16-9-4-1-6-13(16)12-18(21)24/h1-4,6-9,17H,5,10-12H2,(H2,21,24)(H,22,25). The Balaban J connectivity index is 1.79. The summed E-state index contributed by atoms with van der Waals surface area (Å²) in [6.45, 7) is 0.666. The van der Waals surface area contributed by atoms with Gasteiger partial charge in [0, 0.05) is 17.3 Å². The molecule has 6 heteroatoms. The van der Waals surface area contributed by atoms with Crippen LogP contribution in [0.5, 0.6) is 0 Å². The lowest BCUT2D eigenvalue weighted by Crippen LogP contribution is -2.35. The number of nitrogens with zero attached hydrogens (tertiary/aromatic N) is 1. The highest BCUT2D eigenvalue weighted by atomic mass is 35.5. The number of urea groups is 1. The predicted octanol–water partition coefficient (Wildman–Crippen LogP) is 3.74. The maximum atomic E-state index is 12.8. The van der Waals surface area contributed by atoms with Crippen LogP contribution in [0.15, 0.2) is 48.5 Å². The van der Waals surface area contributed by atoms with Crippen molar-refractivity contribution in [1.29, 1.82) is 0 Å². The second-order valence-corrected chi connectivity index (χ2v) is 6.51. The molecule has 1 aliphatic rings. The van der Waals surface area contributed by atoms with E-state index in [0.29, 0.717) is 22.8 Å². The molecule has 1 aliphatic heterocycles. The molecular formula is C19H20ClN3O2. The van der Waals surface area contributed by atoms with Crippen molar-refractivity contribution in [2.24, 2.45) is 5.73 Å². The minimum Gasteiger partial charge on any atom is -0.369 e. The Morgan fingerprint density at radius 3 is 2.64 bits per heavy atom. The fourth-order valence-electron chi connectivity index (χ4n) is 3.25. The van der Waals surface area contributed by atoms with Crippen LogP contribution < -0.4 is 11.1 Å². The van der Waals surface area contributed by atoms with E-state index in [1.807, 2.05) is 36.4 Å². The molecule has 2 aromatic rings. The predicted molar refractivity (Wildman–Crippen MR) is 98.5 cm³/mol. The third-order valence-electron chi connectivity index (χ3n) is 4.40. The van der Waals surface area contributed by atoms with Crippen molar-refractivity contribution in [1.82, 2.24) is 4.90 Å². The minimum absolute atomic E-state index is 0.0444. The number of carbonyl (C=O) groups is 2. The number of hydrogen-bond donors (Lipinski definition) is 2. The third kappa shape index (κ3) is 3.94. The number of hydrogen-bond acceptors (Lipinski definition) is 2. The van der Waals surface area contributed by atoms with Gasteiger partial charge in [-0.15, -0.1) is 0 Å². The average Bonchev–Trinajstić information content (AvgIpc) is 3.06. The Kier molecular flexibility index (Phi) is 5.24. The number of anilines is 1. The summed E-state index contributed by atoms with van der Waals surface area (Å²) in [5.41, 5.74) is 7.56. The van der Waals surface area contributed by atoms with Crippen molar-refractivity contribution in [2.45, 2.75) is 25.3 Å². The Bertz CT molecular complexity index is 794. The first-order chi connectivity index (χ1) is 12.1. The van der Waals surface area contributed by atoms with Crippen molar-refractivity contribution < 1.29 is 9.59 Å². The van der Waals surface area contributed by atoms with Crippen molar-refractivity contribution in [3.05, 3.63) is 64.7 Å². The minimum atomic E-state index is -0.434. The van der Waals surface area contributed by atoms with Gasteiger partial charge in [-0.2, -0.15) is 0 Å². The largest absolute Gasteiger partial charge is 0.369 e.